The molecule has 2 heterocycles. The monoisotopic (exact) mass is 250 g/mol. The Hall–Kier alpha value is -1.69. The van der Waals surface area contributed by atoms with Gasteiger partial charge in [-0.2, -0.15) is 5.10 Å². The molecule has 0 saturated heterocycles. The minimum Gasteiger partial charge on any atom is -0.329 e. The van der Waals surface area contributed by atoms with E-state index in [4.69, 9.17) is 12.2 Å². The quantitative estimate of drug-likeness (QED) is 0.761. The molecule has 0 fully saturated rings. The fraction of sp³-hybridized carbons (Fsp3) is 0.364. The van der Waals surface area contributed by atoms with Gasteiger partial charge in [-0.15, -0.1) is 0 Å². The maximum Gasteiger partial charge on any atom is 0.248 e. The normalized spacial score (nSPS) is 11.7. The van der Waals surface area contributed by atoms with Crippen LogP contribution in [0, 0.1) is 4.77 Å². The Labute approximate surface area is 104 Å². The highest BCUT2D eigenvalue weighted by Crippen LogP contribution is 2.23. The molecule has 0 aliphatic carbocycles. The molecule has 0 saturated carbocycles. The summed E-state index contributed by atoms with van der Waals surface area (Å²) >= 11 is 5.21. The lowest BCUT2D eigenvalue weighted by Gasteiger charge is -2.22. The SMILES string of the molecule is CC(C)(C)n1c(-c2cc[nH]c(=O)c2)n[nH]c1=S. The lowest BCUT2D eigenvalue weighted by atomic mass is 10.1. The standard InChI is InChI=1S/C11H14N4OS/c1-11(2,3)15-9(13-14-10(15)17)7-4-5-12-8(16)6-7/h4-6H,1-3H3,(H,12,16)(H,14,17). The largest absolute Gasteiger partial charge is 0.329 e. The predicted molar refractivity (Wildman–Crippen MR) is 68.5 cm³/mol. The van der Waals surface area contributed by atoms with Crippen LogP contribution in [0.2, 0.25) is 0 Å². The number of H-pyrrole nitrogens is 2. The number of rotatable bonds is 1. The second kappa shape index (κ2) is 3.96. The van der Waals surface area contributed by atoms with Crippen LogP contribution < -0.4 is 5.56 Å². The Bertz CT molecular complexity index is 644. The minimum atomic E-state index is -0.192. The molecule has 2 rings (SSSR count). The number of hydrogen-bond donors (Lipinski definition) is 2. The van der Waals surface area contributed by atoms with Gasteiger partial charge in [0.1, 0.15) is 0 Å². The molecule has 0 amide bonds. The number of pyridine rings is 1. The Balaban J connectivity index is 2.70. The number of nitrogens with zero attached hydrogens (tertiary/aromatic N) is 2. The molecule has 2 N–H and O–H groups in total. The van der Waals surface area contributed by atoms with Crippen LogP contribution in [0.4, 0.5) is 0 Å². The van der Waals surface area contributed by atoms with Crippen molar-refractivity contribution in [2.75, 3.05) is 0 Å². The van der Waals surface area contributed by atoms with Crippen molar-refractivity contribution >= 4 is 12.2 Å². The number of hydrogen-bond acceptors (Lipinski definition) is 3. The molecule has 0 aliphatic heterocycles. The molecule has 0 spiro atoms. The molecule has 6 heteroatoms. The molecule has 0 radical (unpaired) electrons. The van der Waals surface area contributed by atoms with E-state index in [1.54, 1.807) is 12.3 Å². The maximum atomic E-state index is 11.3. The highest BCUT2D eigenvalue weighted by Gasteiger charge is 2.20. The van der Waals surface area contributed by atoms with Gasteiger partial charge in [0.2, 0.25) is 5.56 Å². The van der Waals surface area contributed by atoms with E-state index in [0.29, 0.717) is 10.6 Å². The molecule has 0 aromatic carbocycles. The van der Waals surface area contributed by atoms with Crippen molar-refractivity contribution in [1.29, 1.82) is 0 Å². The van der Waals surface area contributed by atoms with Gasteiger partial charge in [-0.1, -0.05) is 0 Å². The van der Waals surface area contributed by atoms with E-state index >= 15 is 0 Å². The molecule has 0 aliphatic rings. The van der Waals surface area contributed by atoms with Gasteiger partial charge in [0.05, 0.1) is 0 Å². The van der Waals surface area contributed by atoms with Crippen LogP contribution in [-0.4, -0.2) is 19.7 Å². The van der Waals surface area contributed by atoms with Crippen molar-refractivity contribution in [3.63, 3.8) is 0 Å². The lowest BCUT2D eigenvalue weighted by molar-refractivity contribution is 0.395. The van der Waals surface area contributed by atoms with Gasteiger partial charge in [-0.05, 0) is 39.1 Å². The van der Waals surface area contributed by atoms with Crippen LogP contribution in [0.25, 0.3) is 11.4 Å². The number of nitrogens with one attached hydrogen (secondary N) is 2. The van der Waals surface area contributed by atoms with Crippen molar-refractivity contribution < 1.29 is 0 Å². The molecule has 0 atom stereocenters. The zero-order valence-corrected chi connectivity index (χ0v) is 10.8. The summed E-state index contributed by atoms with van der Waals surface area (Å²) in [6.45, 7) is 6.11. The third-order valence-electron chi connectivity index (χ3n) is 2.38. The van der Waals surface area contributed by atoms with Gasteiger partial charge in [0, 0.05) is 23.4 Å². The number of aromatic amines is 2. The molecule has 0 unspecified atom stereocenters. The van der Waals surface area contributed by atoms with Crippen molar-refractivity contribution in [3.05, 3.63) is 33.5 Å². The fourth-order valence-electron chi connectivity index (χ4n) is 1.70. The summed E-state index contributed by atoms with van der Waals surface area (Å²) < 4.78 is 2.45. The van der Waals surface area contributed by atoms with Gasteiger partial charge in [0.25, 0.3) is 0 Å². The average Bonchev–Trinajstić information content (AvgIpc) is 2.59. The van der Waals surface area contributed by atoms with E-state index in [2.05, 4.69) is 15.2 Å². The first kappa shape index (κ1) is 11.8. The summed E-state index contributed by atoms with van der Waals surface area (Å²) in [7, 11) is 0. The van der Waals surface area contributed by atoms with Crippen molar-refractivity contribution in [3.8, 4) is 11.4 Å². The van der Waals surface area contributed by atoms with Gasteiger partial charge in [0.15, 0.2) is 10.6 Å². The smallest absolute Gasteiger partial charge is 0.248 e. The summed E-state index contributed by atoms with van der Waals surface area (Å²) in [4.78, 5) is 13.9. The van der Waals surface area contributed by atoms with E-state index in [-0.39, 0.29) is 11.1 Å². The van der Waals surface area contributed by atoms with Gasteiger partial charge < -0.3 is 4.98 Å². The molecule has 0 bridgehead atoms. The van der Waals surface area contributed by atoms with Crippen molar-refractivity contribution in [2.24, 2.45) is 0 Å². The Morgan fingerprint density at radius 1 is 1.41 bits per heavy atom. The van der Waals surface area contributed by atoms with E-state index in [9.17, 15) is 4.79 Å². The Kier molecular flexibility index (Phi) is 2.74. The van der Waals surface area contributed by atoms with Crippen LogP contribution in [0.5, 0.6) is 0 Å². The minimum absolute atomic E-state index is 0.156. The Morgan fingerprint density at radius 2 is 2.12 bits per heavy atom. The molecule has 2 aromatic rings. The zero-order chi connectivity index (χ0) is 12.6. The van der Waals surface area contributed by atoms with Gasteiger partial charge in [-0.3, -0.25) is 14.5 Å². The van der Waals surface area contributed by atoms with Crippen LogP contribution in [0.3, 0.4) is 0 Å². The molecule has 2 aromatic heterocycles. The maximum absolute atomic E-state index is 11.3. The van der Waals surface area contributed by atoms with Crippen LogP contribution in [0.1, 0.15) is 20.8 Å². The fourth-order valence-corrected chi connectivity index (χ4v) is 2.10. The molecular formula is C11H14N4OS. The Morgan fingerprint density at radius 3 is 2.71 bits per heavy atom. The summed E-state index contributed by atoms with van der Waals surface area (Å²) in [5, 5.41) is 6.95. The molecular weight excluding hydrogens is 236 g/mol. The third-order valence-corrected chi connectivity index (χ3v) is 2.65. The van der Waals surface area contributed by atoms with Crippen LogP contribution >= 0.6 is 12.2 Å². The van der Waals surface area contributed by atoms with E-state index in [1.807, 2.05) is 25.3 Å². The first-order valence-corrected chi connectivity index (χ1v) is 5.67. The second-order valence-corrected chi connectivity index (χ2v) is 5.19. The highest BCUT2D eigenvalue weighted by atomic mass is 32.1. The number of aromatic nitrogens is 4. The molecule has 5 nitrogen and oxygen atoms in total. The van der Waals surface area contributed by atoms with Crippen LogP contribution in [0.15, 0.2) is 23.1 Å². The average molecular weight is 250 g/mol. The predicted octanol–water partition coefficient (Wildman–Crippen LogP) is 2.05. The van der Waals surface area contributed by atoms with E-state index in [0.717, 1.165) is 5.56 Å². The summed E-state index contributed by atoms with van der Waals surface area (Å²) in [6.07, 6.45) is 1.60. The van der Waals surface area contributed by atoms with E-state index in [1.165, 1.54) is 6.07 Å². The van der Waals surface area contributed by atoms with Gasteiger partial charge >= 0.3 is 0 Å². The first-order chi connectivity index (χ1) is 7.89. The highest BCUT2D eigenvalue weighted by molar-refractivity contribution is 7.71. The van der Waals surface area contributed by atoms with Gasteiger partial charge in [-0.25, -0.2) is 0 Å². The zero-order valence-electron chi connectivity index (χ0n) is 9.94. The summed E-state index contributed by atoms with van der Waals surface area (Å²) in [6, 6.07) is 3.31. The third kappa shape index (κ3) is 2.21. The summed E-state index contributed by atoms with van der Waals surface area (Å²) in [5.74, 6) is 0.675. The molecule has 90 valence electrons. The van der Waals surface area contributed by atoms with Crippen LogP contribution in [-0.2, 0) is 5.54 Å². The van der Waals surface area contributed by atoms with E-state index < -0.39 is 0 Å². The second-order valence-electron chi connectivity index (χ2n) is 4.80. The first-order valence-electron chi connectivity index (χ1n) is 5.26. The summed E-state index contributed by atoms with van der Waals surface area (Å²) in [5.41, 5.74) is 0.398. The molecule has 17 heavy (non-hydrogen) atoms. The van der Waals surface area contributed by atoms with Crippen molar-refractivity contribution in [1.82, 2.24) is 19.7 Å². The topological polar surface area (TPSA) is 66.5 Å². The lowest BCUT2D eigenvalue weighted by Crippen LogP contribution is -2.23. The van der Waals surface area contributed by atoms with Crippen molar-refractivity contribution in [2.45, 2.75) is 26.3 Å².